The van der Waals surface area contributed by atoms with Gasteiger partial charge in [0.25, 0.3) is 0 Å². The summed E-state index contributed by atoms with van der Waals surface area (Å²) in [7, 11) is 0. The van der Waals surface area contributed by atoms with Gasteiger partial charge in [-0.2, -0.15) is 0 Å². The first-order valence-electron chi connectivity index (χ1n) is 12.8. The third-order valence-electron chi connectivity index (χ3n) is 8.17. The molecular weight excluding hydrogens is 476 g/mol. The molecule has 0 saturated carbocycles. The number of para-hydroxylation sites is 2. The Bertz CT molecular complexity index is 1780. The Labute approximate surface area is 217 Å². The summed E-state index contributed by atoms with van der Waals surface area (Å²) in [5.74, 6) is 3.14. The Morgan fingerprint density at radius 1 is 0.500 bits per heavy atom. The number of hydrogen-bond acceptors (Lipinski definition) is 4. The summed E-state index contributed by atoms with van der Waals surface area (Å²) in [5, 5.41) is 2.44. The van der Waals surface area contributed by atoms with Gasteiger partial charge in [0.15, 0.2) is 23.0 Å². The maximum Gasteiger partial charge on any atom is 0.231 e. The molecule has 0 bridgehead atoms. The van der Waals surface area contributed by atoms with E-state index in [0.29, 0.717) is 0 Å². The average molecular weight is 499 g/mol. The van der Waals surface area contributed by atoms with Gasteiger partial charge in [-0.15, -0.1) is 0 Å². The zero-order valence-corrected chi connectivity index (χ0v) is 20.3. The van der Waals surface area contributed by atoms with Crippen molar-refractivity contribution >= 4 is 21.8 Å². The lowest BCUT2D eigenvalue weighted by Gasteiger charge is -2.31. The fourth-order valence-corrected chi connectivity index (χ4v) is 6.59. The molecule has 0 fully saturated rings. The van der Waals surface area contributed by atoms with Crippen molar-refractivity contribution in [2.24, 2.45) is 0 Å². The summed E-state index contributed by atoms with van der Waals surface area (Å²) in [5.41, 5.74) is 9.54. The molecule has 2 aliphatic heterocycles. The molecule has 38 heavy (non-hydrogen) atoms. The Morgan fingerprint density at radius 3 is 1.45 bits per heavy atom. The summed E-state index contributed by atoms with van der Waals surface area (Å²) in [6, 6.07) is 29.8. The molecule has 184 valence electrons. The second-order valence-electron chi connectivity index (χ2n) is 10.1. The van der Waals surface area contributed by atoms with Crippen LogP contribution in [0.1, 0.15) is 45.5 Å². The van der Waals surface area contributed by atoms with E-state index < -0.39 is 0 Å². The Kier molecular flexibility index (Phi) is 3.92. The average Bonchev–Trinajstić information content (AvgIpc) is 3.75. The van der Waals surface area contributed by atoms with Crippen LogP contribution in [-0.4, -0.2) is 23.6 Å². The lowest BCUT2D eigenvalue weighted by Crippen LogP contribution is -2.19. The molecule has 4 heterocycles. The first-order valence-corrected chi connectivity index (χ1v) is 12.8. The van der Waals surface area contributed by atoms with Crippen LogP contribution in [0, 0.1) is 0 Å². The van der Waals surface area contributed by atoms with Crippen LogP contribution >= 0.6 is 0 Å². The van der Waals surface area contributed by atoms with Crippen LogP contribution in [0.25, 0.3) is 21.8 Å². The number of aromatic nitrogens is 2. The molecule has 4 aromatic carbocycles. The van der Waals surface area contributed by atoms with E-state index in [2.05, 4.69) is 82.8 Å². The number of H-pyrrole nitrogens is 2. The number of fused-ring (bicyclic) bond motifs is 8. The van der Waals surface area contributed by atoms with E-state index in [9.17, 15) is 0 Å². The molecule has 6 aromatic rings. The SMILES string of the molecule is c1ccc2c3c([nH]c2c1)C(c1ccc2c(c1)OCO2)c1c([nH]c2ccccc12)C3c1ccc2c(c1)OCO2. The van der Waals surface area contributed by atoms with E-state index in [1.54, 1.807) is 0 Å². The molecule has 1 aliphatic carbocycles. The molecule has 3 aliphatic rings. The number of benzene rings is 4. The number of hydrogen-bond donors (Lipinski definition) is 2. The monoisotopic (exact) mass is 498 g/mol. The van der Waals surface area contributed by atoms with Gasteiger partial charge in [0.2, 0.25) is 13.6 Å². The van der Waals surface area contributed by atoms with Crippen molar-refractivity contribution in [1.29, 1.82) is 0 Å². The predicted molar refractivity (Wildman–Crippen MR) is 144 cm³/mol. The van der Waals surface area contributed by atoms with Crippen LogP contribution in [0.2, 0.25) is 0 Å². The van der Waals surface area contributed by atoms with Crippen molar-refractivity contribution in [3.05, 3.63) is 119 Å². The maximum atomic E-state index is 5.80. The fourth-order valence-electron chi connectivity index (χ4n) is 6.59. The maximum absolute atomic E-state index is 5.80. The van der Waals surface area contributed by atoms with Gasteiger partial charge in [-0.1, -0.05) is 48.5 Å². The molecule has 2 N–H and O–H groups in total. The van der Waals surface area contributed by atoms with Crippen molar-refractivity contribution in [3.8, 4) is 23.0 Å². The summed E-state index contributed by atoms with van der Waals surface area (Å²) >= 11 is 0. The highest BCUT2D eigenvalue weighted by molar-refractivity contribution is 5.93. The van der Waals surface area contributed by atoms with Gasteiger partial charge in [0.05, 0.1) is 11.8 Å². The topological polar surface area (TPSA) is 68.5 Å². The highest BCUT2D eigenvalue weighted by Crippen LogP contribution is 2.54. The number of nitrogens with one attached hydrogen (secondary N) is 2. The van der Waals surface area contributed by atoms with Crippen molar-refractivity contribution < 1.29 is 18.9 Å². The minimum Gasteiger partial charge on any atom is -0.454 e. The van der Waals surface area contributed by atoms with Crippen LogP contribution in [-0.2, 0) is 0 Å². The summed E-state index contributed by atoms with van der Waals surface area (Å²) < 4.78 is 22.9. The molecule has 2 unspecified atom stereocenters. The summed E-state index contributed by atoms with van der Waals surface area (Å²) in [6.45, 7) is 0.511. The van der Waals surface area contributed by atoms with Gasteiger partial charge in [0.1, 0.15) is 0 Å². The number of ether oxygens (including phenoxy) is 4. The molecule has 6 nitrogen and oxygen atoms in total. The molecule has 0 amide bonds. The quantitative estimate of drug-likeness (QED) is 0.276. The highest BCUT2D eigenvalue weighted by atomic mass is 16.7. The minimum absolute atomic E-state index is 0.0108. The first kappa shape index (κ1) is 20.2. The van der Waals surface area contributed by atoms with Gasteiger partial charge in [-0.3, -0.25) is 0 Å². The second kappa shape index (κ2) is 7.35. The fraction of sp³-hybridized carbons (Fsp3) is 0.125. The van der Waals surface area contributed by atoms with Crippen molar-refractivity contribution in [2.75, 3.05) is 13.6 Å². The van der Waals surface area contributed by atoms with Gasteiger partial charge < -0.3 is 28.9 Å². The van der Waals surface area contributed by atoms with Crippen LogP contribution in [0.5, 0.6) is 23.0 Å². The number of aromatic amines is 2. The molecule has 0 saturated heterocycles. The van der Waals surface area contributed by atoms with E-state index in [1.165, 1.54) is 33.3 Å². The molecule has 2 aromatic heterocycles. The zero-order chi connectivity index (χ0) is 24.8. The highest BCUT2D eigenvalue weighted by Gasteiger charge is 2.40. The van der Waals surface area contributed by atoms with E-state index in [4.69, 9.17) is 18.9 Å². The lowest BCUT2D eigenvalue weighted by molar-refractivity contribution is 0.173. The van der Waals surface area contributed by atoms with E-state index >= 15 is 0 Å². The molecule has 0 radical (unpaired) electrons. The Balaban J connectivity index is 1.38. The standard InChI is InChI=1S/C32H22N2O4/c1-3-7-21-19(5-1)29-27(17-9-11-23-25(13-17)37-15-35-23)32-30(20-6-2-4-8-22(20)34-32)28(31(29)33-21)18-10-12-24-26(14-18)38-16-36-24/h1-14,27-28,33-34H,15-16H2. The van der Waals surface area contributed by atoms with Crippen molar-refractivity contribution in [1.82, 2.24) is 9.97 Å². The van der Waals surface area contributed by atoms with Gasteiger partial charge >= 0.3 is 0 Å². The van der Waals surface area contributed by atoms with Gasteiger partial charge in [0, 0.05) is 33.2 Å². The molecular formula is C32H22N2O4. The molecule has 0 spiro atoms. The molecule has 9 rings (SSSR count). The number of rotatable bonds is 2. The van der Waals surface area contributed by atoms with Crippen molar-refractivity contribution in [3.63, 3.8) is 0 Å². The summed E-state index contributed by atoms with van der Waals surface area (Å²) in [4.78, 5) is 7.68. The van der Waals surface area contributed by atoms with E-state index in [1.807, 2.05) is 12.1 Å². The van der Waals surface area contributed by atoms with Crippen LogP contribution in [0.3, 0.4) is 0 Å². The van der Waals surface area contributed by atoms with Gasteiger partial charge in [-0.05, 0) is 58.7 Å². The normalized spacial score (nSPS) is 18.6. The zero-order valence-electron chi connectivity index (χ0n) is 20.3. The molecule has 6 heteroatoms. The Morgan fingerprint density at radius 2 is 0.947 bits per heavy atom. The molecule has 2 atom stereocenters. The second-order valence-corrected chi connectivity index (χ2v) is 10.1. The van der Waals surface area contributed by atoms with E-state index in [-0.39, 0.29) is 25.4 Å². The lowest BCUT2D eigenvalue weighted by atomic mass is 9.72. The largest absolute Gasteiger partial charge is 0.454 e. The first-order chi connectivity index (χ1) is 18.8. The third-order valence-corrected chi connectivity index (χ3v) is 8.17. The van der Waals surface area contributed by atoms with Crippen LogP contribution in [0.4, 0.5) is 0 Å². The van der Waals surface area contributed by atoms with Crippen molar-refractivity contribution in [2.45, 2.75) is 11.8 Å². The van der Waals surface area contributed by atoms with Crippen LogP contribution < -0.4 is 18.9 Å². The predicted octanol–water partition coefficient (Wildman–Crippen LogP) is 6.78. The van der Waals surface area contributed by atoms with Crippen LogP contribution in [0.15, 0.2) is 84.9 Å². The summed E-state index contributed by atoms with van der Waals surface area (Å²) in [6.07, 6.45) is 0. The van der Waals surface area contributed by atoms with Gasteiger partial charge in [-0.25, -0.2) is 0 Å². The smallest absolute Gasteiger partial charge is 0.231 e. The minimum atomic E-state index is -0.0108. The third kappa shape index (κ3) is 2.66. The van der Waals surface area contributed by atoms with E-state index in [0.717, 1.165) is 45.2 Å². The Hall–Kier alpha value is -4.84.